The molecule has 1 aliphatic carbocycles. The molecular weight excluding hydrogens is 274 g/mol. The SMILES string of the molecule is CC(CCc1ccccc1)NC(=O)c1n[nH]c2c1CCCC2. The van der Waals surface area contributed by atoms with E-state index in [2.05, 4.69) is 46.7 Å². The van der Waals surface area contributed by atoms with Crippen LogP contribution in [0, 0.1) is 0 Å². The van der Waals surface area contributed by atoms with Gasteiger partial charge in [0, 0.05) is 17.3 Å². The highest BCUT2D eigenvalue weighted by Gasteiger charge is 2.22. The molecule has 2 aromatic rings. The van der Waals surface area contributed by atoms with Crippen LogP contribution in [0.3, 0.4) is 0 Å². The maximum absolute atomic E-state index is 12.4. The summed E-state index contributed by atoms with van der Waals surface area (Å²) >= 11 is 0. The fourth-order valence-electron chi connectivity index (χ4n) is 3.06. The van der Waals surface area contributed by atoms with E-state index in [4.69, 9.17) is 0 Å². The summed E-state index contributed by atoms with van der Waals surface area (Å²) in [6.45, 7) is 2.06. The van der Waals surface area contributed by atoms with Crippen molar-refractivity contribution in [2.24, 2.45) is 0 Å². The highest BCUT2D eigenvalue weighted by atomic mass is 16.2. The lowest BCUT2D eigenvalue weighted by atomic mass is 9.95. The summed E-state index contributed by atoms with van der Waals surface area (Å²) in [5, 5.41) is 10.3. The van der Waals surface area contributed by atoms with Gasteiger partial charge in [-0.1, -0.05) is 30.3 Å². The Morgan fingerprint density at radius 2 is 2.05 bits per heavy atom. The van der Waals surface area contributed by atoms with Crippen LogP contribution >= 0.6 is 0 Å². The number of nitrogens with zero attached hydrogens (tertiary/aromatic N) is 1. The Morgan fingerprint density at radius 3 is 2.86 bits per heavy atom. The van der Waals surface area contributed by atoms with Crippen LogP contribution in [0.1, 0.15) is 53.5 Å². The molecule has 0 radical (unpaired) electrons. The monoisotopic (exact) mass is 297 g/mol. The molecule has 4 nitrogen and oxygen atoms in total. The Bertz CT molecular complexity index is 633. The average Bonchev–Trinajstić information content (AvgIpc) is 2.98. The summed E-state index contributed by atoms with van der Waals surface area (Å²) < 4.78 is 0. The number of rotatable bonds is 5. The van der Waals surface area contributed by atoms with Crippen molar-refractivity contribution in [2.45, 2.75) is 51.5 Å². The van der Waals surface area contributed by atoms with Crippen molar-refractivity contribution >= 4 is 5.91 Å². The lowest BCUT2D eigenvalue weighted by Crippen LogP contribution is -2.33. The maximum atomic E-state index is 12.4. The fourth-order valence-corrected chi connectivity index (χ4v) is 3.06. The topological polar surface area (TPSA) is 57.8 Å². The number of H-pyrrole nitrogens is 1. The summed E-state index contributed by atoms with van der Waals surface area (Å²) in [6, 6.07) is 10.5. The minimum atomic E-state index is -0.0417. The number of benzene rings is 1. The second-order valence-corrected chi connectivity index (χ2v) is 6.14. The number of carbonyl (C=O) groups is 1. The molecule has 1 aromatic carbocycles. The third-order valence-corrected chi connectivity index (χ3v) is 4.36. The molecule has 0 fully saturated rings. The minimum Gasteiger partial charge on any atom is -0.348 e. The zero-order chi connectivity index (χ0) is 15.4. The highest BCUT2D eigenvalue weighted by molar-refractivity contribution is 5.94. The quantitative estimate of drug-likeness (QED) is 0.891. The van der Waals surface area contributed by atoms with Crippen molar-refractivity contribution in [3.05, 3.63) is 52.8 Å². The van der Waals surface area contributed by atoms with Crippen LogP contribution in [0.15, 0.2) is 30.3 Å². The Labute approximate surface area is 131 Å². The van der Waals surface area contributed by atoms with Crippen LogP contribution in [0.25, 0.3) is 0 Å². The third-order valence-electron chi connectivity index (χ3n) is 4.36. The molecule has 3 rings (SSSR count). The molecule has 1 unspecified atom stereocenters. The average molecular weight is 297 g/mol. The molecule has 2 N–H and O–H groups in total. The van der Waals surface area contributed by atoms with Gasteiger partial charge in [0.05, 0.1) is 0 Å². The van der Waals surface area contributed by atoms with Crippen LogP contribution < -0.4 is 5.32 Å². The molecule has 1 atom stereocenters. The predicted octanol–water partition coefficient (Wildman–Crippen LogP) is 3.04. The smallest absolute Gasteiger partial charge is 0.272 e. The Morgan fingerprint density at radius 1 is 1.27 bits per heavy atom. The molecule has 4 heteroatoms. The summed E-state index contributed by atoms with van der Waals surface area (Å²) in [5.74, 6) is -0.0417. The second-order valence-electron chi connectivity index (χ2n) is 6.14. The minimum absolute atomic E-state index is 0.0417. The van der Waals surface area contributed by atoms with E-state index in [1.54, 1.807) is 0 Å². The van der Waals surface area contributed by atoms with E-state index in [-0.39, 0.29) is 11.9 Å². The Hall–Kier alpha value is -2.10. The van der Waals surface area contributed by atoms with Crippen molar-refractivity contribution in [1.29, 1.82) is 0 Å². The third kappa shape index (κ3) is 3.38. The van der Waals surface area contributed by atoms with Gasteiger partial charge in [-0.25, -0.2) is 0 Å². The molecular formula is C18H23N3O. The van der Waals surface area contributed by atoms with E-state index >= 15 is 0 Å². The van der Waals surface area contributed by atoms with Gasteiger partial charge in [-0.3, -0.25) is 9.89 Å². The van der Waals surface area contributed by atoms with Gasteiger partial charge in [-0.2, -0.15) is 5.10 Å². The van der Waals surface area contributed by atoms with E-state index < -0.39 is 0 Å². The standard InChI is InChI=1S/C18H23N3O/c1-13(11-12-14-7-3-2-4-8-14)19-18(22)17-15-9-5-6-10-16(15)20-21-17/h2-4,7-8,13H,5-6,9-12H2,1H3,(H,19,22)(H,20,21). The van der Waals surface area contributed by atoms with Crippen LogP contribution in [0.5, 0.6) is 0 Å². The first-order valence-electron chi connectivity index (χ1n) is 8.15. The Kier molecular flexibility index (Phi) is 4.56. The van der Waals surface area contributed by atoms with E-state index in [0.29, 0.717) is 5.69 Å². The number of hydrogen-bond acceptors (Lipinski definition) is 2. The van der Waals surface area contributed by atoms with Gasteiger partial charge in [-0.15, -0.1) is 0 Å². The van der Waals surface area contributed by atoms with Gasteiger partial charge in [-0.05, 0) is 51.0 Å². The molecule has 1 amide bonds. The van der Waals surface area contributed by atoms with Gasteiger partial charge in [0.15, 0.2) is 5.69 Å². The molecule has 0 saturated carbocycles. The summed E-state index contributed by atoms with van der Waals surface area (Å²) in [4.78, 5) is 12.4. The summed E-state index contributed by atoms with van der Waals surface area (Å²) in [5.41, 5.74) is 4.18. The number of amides is 1. The van der Waals surface area contributed by atoms with Crippen molar-refractivity contribution in [2.75, 3.05) is 0 Å². The first-order chi connectivity index (χ1) is 10.7. The number of nitrogens with one attached hydrogen (secondary N) is 2. The van der Waals surface area contributed by atoms with Crippen LogP contribution in [-0.4, -0.2) is 22.1 Å². The molecule has 1 aromatic heterocycles. The molecule has 0 aliphatic heterocycles. The second kappa shape index (κ2) is 6.77. The number of carbonyl (C=O) groups excluding carboxylic acids is 1. The van der Waals surface area contributed by atoms with Gasteiger partial charge in [0.2, 0.25) is 0 Å². The highest BCUT2D eigenvalue weighted by Crippen LogP contribution is 2.22. The zero-order valence-electron chi connectivity index (χ0n) is 13.1. The largest absolute Gasteiger partial charge is 0.348 e. The fraction of sp³-hybridized carbons (Fsp3) is 0.444. The van der Waals surface area contributed by atoms with Gasteiger partial charge >= 0.3 is 0 Å². The van der Waals surface area contributed by atoms with Crippen LogP contribution in [0.2, 0.25) is 0 Å². The Balaban J connectivity index is 1.56. The van der Waals surface area contributed by atoms with E-state index in [9.17, 15) is 4.79 Å². The molecule has 116 valence electrons. The number of aromatic nitrogens is 2. The van der Waals surface area contributed by atoms with E-state index in [1.165, 1.54) is 12.0 Å². The van der Waals surface area contributed by atoms with Crippen molar-refractivity contribution < 1.29 is 4.79 Å². The molecule has 0 bridgehead atoms. The van der Waals surface area contributed by atoms with Crippen molar-refractivity contribution in [1.82, 2.24) is 15.5 Å². The maximum Gasteiger partial charge on any atom is 0.272 e. The molecule has 0 spiro atoms. The predicted molar refractivity (Wildman–Crippen MR) is 86.9 cm³/mol. The summed E-state index contributed by atoms with van der Waals surface area (Å²) in [7, 11) is 0. The summed E-state index contributed by atoms with van der Waals surface area (Å²) in [6.07, 6.45) is 6.22. The van der Waals surface area contributed by atoms with Gasteiger partial charge < -0.3 is 5.32 Å². The van der Waals surface area contributed by atoms with Gasteiger partial charge in [0.1, 0.15) is 0 Å². The van der Waals surface area contributed by atoms with Gasteiger partial charge in [0.25, 0.3) is 5.91 Å². The first kappa shape index (κ1) is 14.8. The first-order valence-corrected chi connectivity index (χ1v) is 8.15. The van der Waals surface area contributed by atoms with Crippen LogP contribution in [0.4, 0.5) is 0 Å². The number of hydrogen-bond donors (Lipinski definition) is 2. The number of aryl methyl sites for hydroxylation is 2. The zero-order valence-corrected chi connectivity index (χ0v) is 13.1. The van der Waals surface area contributed by atoms with Crippen molar-refractivity contribution in [3.63, 3.8) is 0 Å². The molecule has 0 saturated heterocycles. The molecule has 1 heterocycles. The molecule has 1 aliphatic rings. The van der Waals surface area contributed by atoms with E-state index in [1.807, 2.05) is 6.07 Å². The normalized spacial score (nSPS) is 15.1. The number of aromatic amines is 1. The lowest BCUT2D eigenvalue weighted by Gasteiger charge is -2.15. The molecule has 22 heavy (non-hydrogen) atoms. The van der Waals surface area contributed by atoms with Crippen molar-refractivity contribution in [3.8, 4) is 0 Å². The van der Waals surface area contributed by atoms with Crippen LogP contribution in [-0.2, 0) is 19.3 Å². The lowest BCUT2D eigenvalue weighted by molar-refractivity contribution is 0.0932. The van der Waals surface area contributed by atoms with E-state index in [0.717, 1.165) is 43.4 Å². The number of fused-ring (bicyclic) bond motifs is 1.